The molecule has 2 N–H and O–H groups in total. The van der Waals surface area contributed by atoms with E-state index < -0.39 is 0 Å². The van der Waals surface area contributed by atoms with Gasteiger partial charge in [0.25, 0.3) is 0 Å². The van der Waals surface area contributed by atoms with Gasteiger partial charge in [-0.3, -0.25) is 0 Å². The van der Waals surface area contributed by atoms with Crippen LogP contribution in [0.3, 0.4) is 0 Å². The fraction of sp³-hybridized carbons (Fsp3) is 0.421. The minimum absolute atomic E-state index is 0. The Morgan fingerprint density at radius 1 is 1.12 bits per heavy atom. The summed E-state index contributed by atoms with van der Waals surface area (Å²) in [6.45, 7) is 10.1. The number of rotatable bonds is 6. The van der Waals surface area contributed by atoms with Crippen molar-refractivity contribution in [3.63, 3.8) is 0 Å². The number of halogens is 1. The van der Waals surface area contributed by atoms with Crippen molar-refractivity contribution in [3.8, 4) is 5.75 Å². The monoisotopic (exact) mass is 457 g/mol. The Labute approximate surface area is 167 Å². The van der Waals surface area contributed by atoms with Crippen molar-refractivity contribution in [2.45, 2.75) is 40.8 Å². The molecule has 25 heavy (non-hydrogen) atoms. The number of nitrogens with zero attached hydrogens (tertiary/aromatic N) is 1. The Morgan fingerprint density at radius 3 is 2.48 bits per heavy atom. The van der Waals surface area contributed by atoms with E-state index in [4.69, 9.17) is 9.15 Å². The quantitative estimate of drug-likeness (QED) is 0.390. The zero-order valence-corrected chi connectivity index (χ0v) is 17.9. The molecule has 0 aliphatic carbocycles. The highest BCUT2D eigenvalue weighted by Gasteiger charge is 2.07. The summed E-state index contributed by atoms with van der Waals surface area (Å²) in [5.74, 6) is 3.50. The van der Waals surface area contributed by atoms with E-state index in [9.17, 15) is 0 Å². The second-order valence-corrected chi connectivity index (χ2v) is 5.80. The third-order valence-electron chi connectivity index (χ3n) is 3.78. The normalized spacial score (nSPS) is 11.0. The molecule has 0 bridgehead atoms. The first-order chi connectivity index (χ1) is 11.5. The minimum Gasteiger partial charge on any atom is -0.496 e. The molecule has 2 rings (SSSR count). The van der Waals surface area contributed by atoms with Gasteiger partial charge in [0, 0.05) is 24.2 Å². The second kappa shape index (κ2) is 10.3. The molecule has 0 atom stereocenters. The molecular weight excluding hydrogens is 429 g/mol. The highest BCUT2D eigenvalue weighted by Crippen LogP contribution is 2.19. The Bertz CT molecular complexity index is 711. The molecule has 1 heterocycles. The minimum atomic E-state index is 0. The van der Waals surface area contributed by atoms with Crippen LogP contribution in [0.25, 0.3) is 0 Å². The van der Waals surface area contributed by atoms with Crippen molar-refractivity contribution in [2.24, 2.45) is 4.99 Å². The molecule has 138 valence electrons. The number of methoxy groups -OCH3 is 1. The van der Waals surface area contributed by atoms with E-state index in [1.54, 1.807) is 7.11 Å². The number of guanidine groups is 1. The fourth-order valence-electron chi connectivity index (χ4n) is 2.52. The molecule has 0 amide bonds. The number of nitrogens with one attached hydrogen (secondary N) is 2. The second-order valence-electron chi connectivity index (χ2n) is 5.80. The molecule has 0 aliphatic rings. The average Bonchev–Trinajstić information content (AvgIpc) is 2.88. The summed E-state index contributed by atoms with van der Waals surface area (Å²) in [6, 6.07) is 8.24. The van der Waals surface area contributed by atoms with E-state index in [2.05, 4.69) is 41.6 Å². The van der Waals surface area contributed by atoms with Crippen molar-refractivity contribution >= 4 is 29.9 Å². The third-order valence-corrected chi connectivity index (χ3v) is 3.78. The lowest BCUT2D eigenvalue weighted by Gasteiger charge is -2.14. The topological polar surface area (TPSA) is 58.8 Å². The molecule has 6 heteroatoms. The maximum Gasteiger partial charge on any atom is 0.191 e. The first-order valence-corrected chi connectivity index (χ1v) is 8.25. The van der Waals surface area contributed by atoms with Gasteiger partial charge in [-0.15, -0.1) is 24.0 Å². The van der Waals surface area contributed by atoms with Gasteiger partial charge in [0.15, 0.2) is 5.96 Å². The lowest BCUT2D eigenvalue weighted by atomic mass is 10.1. The molecule has 0 unspecified atom stereocenters. The molecule has 0 radical (unpaired) electrons. The Hall–Kier alpha value is -1.70. The van der Waals surface area contributed by atoms with E-state index in [1.807, 2.05) is 26.0 Å². The van der Waals surface area contributed by atoms with Gasteiger partial charge in [-0.25, -0.2) is 4.99 Å². The van der Waals surface area contributed by atoms with Crippen LogP contribution in [0.2, 0.25) is 0 Å². The van der Waals surface area contributed by atoms with Crippen molar-refractivity contribution < 1.29 is 9.15 Å². The van der Waals surface area contributed by atoms with Gasteiger partial charge < -0.3 is 19.8 Å². The van der Waals surface area contributed by atoms with Crippen LogP contribution in [0.15, 0.2) is 33.7 Å². The van der Waals surface area contributed by atoms with Gasteiger partial charge in [-0.1, -0.05) is 12.1 Å². The summed E-state index contributed by atoms with van der Waals surface area (Å²) in [5, 5.41) is 6.62. The van der Waals surface area contributed by atoms with Crippen molar-refractivity contribution in [1.29, 1.82) is 0 Å². The third kappa shape index (κ3) is 6.26. The predicted molar refractivity (Wildman–Crippen MR) is 113 cm³/mol. The standard InChI is InChI=1S/C19H27N3O2.HI/c1-6-20-19(22-12-17-10-14(3)24-15(17)4)21-11-16-8-7-13(2)9-18(16)23-5;/h7-10H,6,11-12H2,1-5H3,(H2,20,21,22);1H. The number of benzene rings is 1. The number of aliphatic imine (C=N–C) groups is 1. The van der Waals surface area contributed by atoms with Gasteiger partial charge in [-0.2, -0.15) is 0 Å². The van der Waals surface area contributed by atoms with Gasteiger partial charge in [-0.05, 0) is 45.4 Å². The van der Waals surface area contributed by atoms with Crippen LogP contribution in [0, 0.1) is 20.8 Å². The van der Waals surface area contributed by atoms with Gasteiger partial charge in [0.2, 0.25) is 0 Å². The fourth-order valence-corrected chi connectivity index (χ4v) is 2.52. The molecule has 2 aromatic rings. The summed E-state index contributed by atoms with van der Waals surface area (Å²) >= 11 is 0. The summed E-state index contributed by atoms with van der Waals surface area (Å²) in [5.41, 5.74) is 3.39. The van der Waals surface area contributed by atoms with Crippen LogP contribution in [0.1, 0.15) is 35.1 Å². The van der Waals surface area contributed by atoms with Crippen molar-refractivity contribution in [2.75, 3.05) is 13.7 Å². The molecule has 0 aliphatic heterocycles. The Kier molecular flexibility index (Phi) is 8.82. The smallest absolute Gasteiger partial charge is 0.191 e. The summed E-state index contributed by atoms with van der Waals surface area (Å²) in [6.07, 6.45) is 0. The lowest BCUT2D eigenvalue weighted by molar-refractivity contribution is 0.408. The maximum atomic E-state index is 5.55. The maximum absolute atomic E-state index is 5.55. The van der Waals surface area contributed by atoms with Crippen LogP contribution in [0.4, 0.5) is 0 Å². The van der Waals surface area contributed by atoms with E-state index in [1.165, 1.54) is 5.56 Å². The largest absolute Gasteiger partial charge is 0.496 e. The molecule has 1 aromatic heterocycles. The molecule has 5 nitrogen and oxygen atoms in total. The molecule has 0 saturated heterocycles. The molecular formula is C19H28IN3O2. The highest BCUT2D eigenvalue weighted by molar-refractivity contribution is 14.0. The molecule has 0 spiro atoms. The van der Waals surface area contributed by atoms with Crippen molar-refractivity contribution in [3.05, 3.63) is 52.5 Å². The number of ether oxygens (including phenoxy) is 1. The molecule has 1 aromatic carbocycles. The van der Waals surface area contributed by atoms with E-state index in [0.717, 1.165) is 40.9 Å². The SMILES string of the molecule is CCNC(=NCc1cc(C)oc1C)NCc1ccc(C)cc1OC.I. The zero-order valence-electron chi connectivity index (χ0n) is 15.6. The van der Waals surface area contributed by atoms with Gasteiger partial charge >= 0.3 is 0 Å². The first kappa shape index (κ1) is 21.3. The molecule has 0 saturated carbocycles. The van der Waals surface area contributed by atoms with Gasteiger partial charge in [0.05, 0.1) is 13.7 Å². The van der Waals surface area contributed by atoms with Crippen LogP contribution in [-0.2, 0) is 13.1 Å². The number of furan rings is 1. The van der Waals surface area contributed by atoms with E-state index in [-0.39, 0.29) is 24.0 Å². The summed E-state index contributed by atoms with van der Waals surface area (Å²) in [7, 11) is 1.70. The predicted octanol–water partition coefficient (Wildman–Crippen LogP) is 4.09. The summed E-state index contributed by atoms with van der Waals surface area (Å²) in [4.78, 5) is 4.64. The lowest BCUT2D eigenvalue weighted by Crippen LogP contribution is -2.36. The number of hydrogen-bond acceptors (Lipinski definition) is 3. The number of hydrogen-bond donors (Lipinski definition) is 2. The van der Waals surface area contributed by atoms with Gasteiger partial charge in [0.1, 0.15) is 17.3 Å². The first-order valence-electron chi connectivity index (χ1n) is 8.25. The van der Waals surface area contributed by atoms with Crippen molar-refractivity contribution in [1.82, 2.24) is 10.6 Å². The van der Waals surface area contributed by atoms with Crippen LogP contribution in [0.5, 0.6) is 5.75 Å². The Balaban J connectivity index is 0.00000312. The van der Waals surface area contributed by atoms with Crippen LogP contribution >= 0.6 is 24.0 Å². The number of aryl methyl sites for hydroxylation is 3. The highest BCUT2D eigenvalue weighted by atomic mass is 127. The zero-order chi connectivity index (χ0) is 17.5. The summed E-state index contributed by atoms with van der Waals surface area (Å²) < 4.78 is 11.0. The Morgan fingerprint density at radius 2 is 1.88 bits per heavy atom. The van der Waals surface area contributed by atoms with Crippen LogP contribution in [-0.4, -0.2) is 19.6 Å². The average molecular weight is 457 g/mol. The van der Waals surface area contributed by atoms with E-state index in [0.29, 0.717) is 13.1 Å². The van der Waals surface area contributed by atoms with Crippen LogP contribution < -0.4 is 15.4 Å². The van der Waals surface area contributed by atoms with E-state index >= 15 is 0 Å². The molecule has 0 fully saturated rings.